The highest BCUT2D eigenvalue weighted by molar-refractivity contribution is 5.75. The fourth-order valence-corrected chi connectivity index (χ4v) is 4.35. The summed E-state index contributed by atoms with van der Waals surface area (Å²) in [7, 11) is 0. The summed E-state index contributed by atoms with van der Waals surface area (Å²) >= 11 is 0. The van der Waals surface area contributed by atoms with E-state index in [0.717, 1.165) is 0 Å². The van der Waals surface area contributed by atoms with Gasteiger partial charge in [-0.15, -0.1) is 0 Å². The van der Waals surface area contributed by atoms with Crippen LogP contribution >= 0.6 is 0 Å². The van der Waals surface area contributed by atoms with E-state index in [1.165, 1.54) is 39.2 Å². The van der Waals surface area contributed by atoms with Gasteiger partial charge in [0.2, 0.25) is 0 Å². The second kappa shape index (κ2) is 8.90. The first kappa shape index (κ1) is 22.9. The van der Waals surface area contributed by atoms with Crippen LogP contribution in [-0.4, -0.2) is 5.54 Å². The van der Waals surface area contributed by atoms with Crippen LogP contribution in [0.4, 0.5) is 11.4 Å². The lowest BCUT2D eigenvalue weighted by Gasteiger charge is -2.38. The number of hydrogen-bond donors (Lipinski definition) is 0. The predicted molar refractivity (Wildman–Crippen MR) is 144 cm³/mol. The molecule has 1 nitrogen and oxygen atoms in total. The highest BCUT2D eigenvalue weighted by Gasteiger charge is 2.24. The van der Waals surface area contributed by atoms with Crippen molar-refractivity contribution in [1.29, 1.82) is 0 Å². The second-order valence-electron chi connectivity index (χ2n) is 10.8. The maximum atomic E-state index is 2.42. The van der Waals surface area contributed by atoms with Gasteiger partial charge in [-0.2, -0.15) is 0 Å². The van der Waals surface area contributed by atoms with Crippen molar-refractivity contribution in [2.75, 3.05) is 4.90 Å². The number of benzene rings is 4. The number of rotatable bonds is 4. The molecule has 0 saturated carbocycles. The van der Waals surface area contributed by atoms with Gasteiger partial charge in [-0.25, -0.2) is 0 Å². The minimum absolute atomic E-state index is 0.0437. The summed E-state index contributed by atoms with van der Waals surface area (Å²) in [6.07, 6.45) is 0. The summed E-state index contributed by atoms with van der Waals surface area (Å²) in [5.41, 5.74) is 8.84. The van der Waals surface area contributed by atoms with Crippen molar-refractivity contribution in [2.24, 2.45) is 0 Å². The van der Waals surface area contributed by atoms with E-state index in [1.807, 2.05) is 0 Å². The molecule has 0 fully saturated rings. The third-order valence-electron chi connectivity index (χ3n) is 6.09. The van der Waals surface area contributed by atoms with E-state index in [4.69, 9.17) is 0 Å². The molecule has 0 aromatic heterocycles. The third kappa shape index (κ3) is 5.20. The predicted octanol–water partition coefficient (Wildman–Crippen LogP) is 9.25. The van der Waals surface area contributed by atoms with Crippen LogP contribution in [0.25, 0.3) is 22.3 Å². The summed E-state index contributed by atoms with van der Waals surface area (Å²) in [4.78, 5) is 2.42. The quantitative estimate of drug-likeness (QED) is 0.310. The molecule has 1 heteroatoms. The summed E-state index contributed by atoms with van der Waals surface area (Å²) in [5.74, 6) is 0. The zero-order valence-electron chi connectivity index (χ0n) is 20.8. The van der Waals surface area contributed by atoms with Crippen molar-refractivity contribution in [3.63, 3.8) is 0 Å². The lowest BCUT2D eigenvalue weighted by Crippen LogP contribution is -2.37. The monoisotopic (exact) mass is 433 g/mol. The van der Waals surface area contributed by atoms with Gasteiger partial charge >= 0.3 is 0 Å². The summed E-state index contributed by atoms with van der Waals surface area (Å²) in [6, 6.07) is 37.3. The molecule has 0 heterocycles. The molecule has 0 aliphatic heterocycles. The van der Waals surface area contributed by atoms with Crippen molar-refractivity contribution in [3.05, 3.63) is 109 Å². The van der Waals surface area contributed by atoms with Crippen molar-refractivity contribution < 1.29 is 0 Å². The van der Waals surface area contributed by atoms with Gasteiger partial charge in [0.15, 0.2) is 0 Å². The molecule has 0 aliphatic rings. The van der Waals surface area contributed by atoms with E-state index in [2.05, 4.69) is 150 Å². The van der Waals surface area contributed by atoms with Crippen molar-refractivity contribution in [1.82, 2.24) is 0 Å². The van der Waals surface area contributed by atoms with Gasteiger partial charge in [0.1, 0.15) is 0 Å². The molecule has 0 unspecified atom stereocenters. The van der Waals surface area contributed by atoms with Crippen LogP contribution in [0.2, 0.25) is 0 Å². The lowest BCUT2D eigenvalue weighted by atomic mass is 9.87. The number of nitrogens with zero attached hydrogens (tertiary/aromatic N) is 1. The van der Waals surface area contributed by atoms with E-state index in [-0.39, 0.29) is 11.0 Å². The van der Waals surface area contributed by atoms with Gasteiger partial charge in [0, 0.05) is 16.9 Å². The molecule has 0 spiro atoms. The second-order valence-corrected chi connectivity index (χ2v) is 10.8. The minimum Gasteiger partial charge on any atom is -0.336 e. The average molecular weight is 434 g/mol. The first-order chi connectivity index (χ1) is 15.6. The normalized spacial score (nSPS) is 11.9. The third-order valence-corrected chi connectivity index (χ3v) is 6.09. The first-order valence-electron chi connectivity index (χ1n) is 11.8. The maximum Gasteiger partial charge on any atom is 0.0416 e. The van der Waals surface area contributed by atoms with E-state index in [0.29, 0.717) is 0 Å². The Kier molecular flexibility index (Phi) is 6.17. The molecule has 0 atom stereocenters. The summed E-state index contributed by atoms with van der Waals surface area (Å²) in [6.45, 7) is 13.6. The topological polar surface area (TPSA) is 3.24 Å². The van der Waals surface area contributed by atoms with E-state index in [9.17, 15) is 0 Å². The van der Waals surface area contributed by atoms with E-state index >= 15 is 0 Å². The van der Waals surface area contributed by atoms with Gasteiger partial charge in [0.25, 0.3) is 0 Å². The molecule has 4 rings (SSSR count). The van der Waals surface area contributed by atoms with Crippen LogP contribution in [0.3, 0.4) is 0 Å². The van der Waals surface area contributed by atoms with Gasteiger partial charge in [-0.1, -0.05) is 93.6 Å². The van der Waals surface area contributed by atoms with Crippen LogP contribution < -0.4 is 4.90 Å². The van der Waals surface area contributed by atoms with Crippen molar-refractivity contribution in [2.45, 2.75) is 52.5 Å². The molecule has 4 aromatic carbocycles. The fourth-order valence-electron chi connectivity index (χ4n) is 4.35. The van der Waals surface area contributed by atoms with Gasteiger partial charge in [-0.3, -0.25) is 0 Å². The molecule has 33 heavy (non-hydrogen) atoms. The largest absolute Gasteiger partial charge is 0.336 e. The Bertz CT molecular complexity index is 1190. The average Bonchev–Trinajstić information content (AvgIpc) is 2.79. The molecule has 4 aromatic rings. The van der Waals surface area contributed by atoms with Crippen LogP contribution in [0.5, 0.6) is 0 Å². The zero-order chi connectivity index (χ0) is 23.6. The Hall–Kier alpha value is -3.32. The molecule has 0 N–H and O–H groups in total. The van der Waals surface area contributed by atoms with Gasteiger partial charge < -0.3 is 4.90 Å². The standard InChI is InChI=1S/C32H35N/c1-31(2,3)28-17-21-30(22-18-28)33(32(4,5)6)29-19-15-25(16-20-29)27-14-10-13-26(23-27)24-11-8-7-9-12-24/h7-23H,1-6H3. The van der Waals surface area contributed by atoms with E-state index in [1.54, 1.807) is 0 Å². The Morgan fingerprint density at radius 2 is 0.909 bits per heavy atom. The van der Waals surface area contributed by atoms with Crippen LogP contribution in [0, 0.1) is 0 Å². The van der Waals surface area contributed by atoms with Gasteiger partial charge in [-0.05, 0) is 84.3 Å². The molecule has 168 valence electrons. The molecular weight excluding hydrogens is 398 g/mol. The van der Waals surface area contributed by atoms with Crippen molar-refractivity contribution in [3.8, 4) is 22.3 Å². The Morgan fingerprint density at radius 1 is 0.455 bits per heavy atom. The number of hydrogen-bond acceptors (Lipinski definition) is 1. The fraction of sp³-hybridized carbons (Fsp3) is 0.250. The molecule has 0 amide bonds. The van der Waals surface area contributed by atoms with Crippen molar-refractivity contribution >= 4 is 11.4 Å². The van der Waals surface area contributed by atoms with Crippen LogP contribution in [0.15, 0.2) is 103 Å². The molecule has 0 bridgehead atoms. The van der Waals surface area contributed by atoms with E-state index < -0.39 is 0 Å². The molecule has 0 radical (unpaired) electrons. The zero-order valence-corrected chi connectivity index (χ0v) is 20.8. The smallest absolute Gasteiger partial charge is 0.0416 e. The van der Waals surface area contributed by atoms with Crippen LogP contribution in [-0.2, 0) is 5.41 Å². The first-order valence-corrected chi connectivity index (χ1v) is 11.8. The molecule has 0 saturated heterocycles. The summed E-state index contributed by atoms with van der Waals surface area (Å²) < 4.78 is 0. The Balaban J connectivity index is 1.66. The van der Waals surface area contributed by atoms with Gasteiger partial charge in [0.05, 0.1) is 0 Å². The Morgan fingerprint density at radius 3 is 1.39 bits per heavy atom. The maximum absolute atomic E-state index is 2.42. The highest BCUT2D eigenvalue weighted by atomic mass is 15.2. The highest BCUT2D eigenvalue weighted by Crippen LogP contribution is 2.36. The molecule has 0 aliphatic carbocycles. The van der Waals surface area contributed by atoms with Crippen LogP contribution in [0.1, 0.15) is 47.1 Å². The SMILES string of the molecule is CC(C)(C)c1ccc(N(c2ccc(-c3cccc(-c4ccccc4)c3)cc2)C(C)(C)C)cc1. The molecular formula is C32H35N. The lowest BCUT2D eigenvalue weighted by molar-refractivity contribution is 0.559. The number of anilines is 2. The Labute approximate surface area is 199 Å². The summed E-state index contributed by atoms with van der Waals surface area (Å²) in [5, 5.41) is 0. The minimum atomic E-state index is -0.0437.